The van der Waals surface area contributed by atoms with E-state index in [-0.39, 0.29) is 0 Å². The molecule has 0 aromatic heterocycles. The second-order valence-corrected chi connectivity index (χ2v) is 7.94. The van der Waals surface area contributed by atoms with Crippen molar-refractivity contribution >= 4 is 12.4 Å². The lowest BCUT2D eigenvalue weighted by molar-refractivity contribution is -0.128. The molecule has 2 aromatic rings. The van der Waals surface area contributed by atoms with E-state index < -0.39 is 5.97 Å². The van der Waals surface area contributed by atoms with Crippen molar-refractivity contribution in [2.75, 3.05) is 20.3 Å². The minimum Gasteiger partial charge on any atom is -0.497 e. The molecule has 2 rings (SSSR count). The molecule has 0 saturated carbocycles. The Labute approximate surface area is 197 Å². The molecule has 0 aliphatic carbocycles. The third kappa shape index (κ3) is 11.4. The van der Waals surface area contributed by atoms with E-state index in [4.69, 9.17) is 14.2 Å². The molecule has 0 fully saturated rings. The zero-order chi connectivity index (χ0) is 23.6. The maximum Gasteiger partial charge on any atom is 0.343 e. The van der Waals surface area contributed by atoms with Crippen LogP contribution < -0.4 is 14.2 Å². The van der Waals surface area contributed by atoms with Crippen molar-refractivity contribution in [2.45, 2.75) is 64.2 Å². The van der Waals surface area contributed by atoms with Crippen LogP contribution in [0.3, 0.4) is 0 Å². The molecule has 0 saturated heterocycles. The summed E-state index contributed by atoms with van der Waals surface area (Å²) in [7, 11) is 1.59. The van der Waals surface area contributed by atoms with Gasteiger partial charge in [-0.2, -0.15) is 0 Å². The average molecular weight is 457 g/mol. The molecule has 2 aromatic carbocycles. The quantitative estimate of drug-likeness (QED) is 0.112. The maximum atomic E-state index is 12.3. The Morgan fingerprint density at radius 3 is 1.70 bits per heavy atom. The van der Waals surface area contributed by atoms with Gasteiger partial charge in [0.25, 0.3) is 6.47 Å². The van der Waals surface area contributed by atoms with Gasteiger partial charge in [-0.3, -0.25) is 4.79 Å². The predicted octanol–water partition coefficient (Wildman–Crippen LogP) is 6.37. The molecular weight excluding hydrogens is 420 g/mol. The van der Waals surface area contributed by atoms with Gasteiger partial charge < -0.3 is 18.9 Å². The number of methoxy groups -OCH3 is 1. The van der Waals surface area contributed by atoms with Gasteiger partial charge in [-0.15, -0.1) is 0 Å². The first-order chi connectivity index (χ1) is 16.2. The molecule has 0 amide bonds. The number of esters is 1. The van der Waals surface area contributed by atoms with Crippen LogP contribution in [0.2, 0.25) is 0 Å². The van der Waals surface area contributed by atoms with E-state index in [0.717, 1.165) is 31.4 Å². The summed E-state index contributed by atoms with van der Waals surface area (Å²) in [4.78, 5) is 22.3. The van der Waals surface area contributed by atoms with Crippen molar-refractivity contribution < 1.29 is 28.5 Å². The molecule has 0 heterocycles. The van der Waals surface area contributed by atoms with Crippen LogP contribution in [-0.2, 0) is 9.53 Å². The zero-order valence-corrected chi connectivity index (χ0v) is 19.6. The van der Waals surface area contributed by atoms with E-state index in [2.05, 4.69) is 4.74 Å². The van der Waals surface area contributed by atoms with Crippen LogP contribution in [0.5, 0.6) is 17.2 Å². The van der Waals surface area contributed by atoms with Crippen molar-refractivity contribution in [3.8, 4) is 17.2 Å². The highest BCUT2D eigenvalue weighted by molar-refractivity contribution is 5.91. The fourth-order valence-corrected chi connectivity index (χ4v) is 3.44. The van der Waals surface area contributed by atoms with Gasteiger partial charge in [0.05, 0.1) is 25.9 Å². The monoisotopic (exact) mass is 456 g/mol. The Balaban J connectivity index is 1.49. The normalized spacial score (nSPS) is 10.5. The summed E-state index contributed by atoms with van der Waals surface area (Å²) in [5, 5.41) is 0. The van der Waals surface area contributed by atoms with Crippen LogP contribution in [0.15, 0.2) is 48.5 Å². The molecule has 0 spiro atoms. The van der Waals surface area contributed by atoms with E-state index in [9.17, 15) is 9.59 Å². The number of carbonyl (C=O) groups excluding carboxylic acids is 2. The number of unbranched alkanes of at least 4 members (excludes halogenated alkanes) is 9. The van der Waals surface area contributed by atoms with Crippen molar-refractivity contribution in [1.82, 2.24) is 0 Å². The first kappa shape index (κ1) is 26.2. The molecule has 180 valence electrons. The van der Waals surface area contributed by atoms with Gasteiger partial charge in [0.15, 0.2) is 0 Å². The Morgan fingerprint density at radius 2 is 1.15 bits per heavy atom. The maximum absolute atomic E-state index is 12.3. The standard InChI is InChI=1S/C27H36O6/c1-30-24-16-18-26(19-17-24)33-27(29)23-12-14-25(15-13-23)32-21-11-9-7-5-3-2-4-6-8-10-20-31-22-28/h12-19,22H,2-11,20-21H2,1H3. The van der Waals surface area contributed by atoms with E-state index in [1.54, 1.807) is 55.6 Å². The first-order valence-corrected chi connectivity index (χ1v) is 11.9. The summed E-state index contributed by atoms with van der Waals surface area (Å²) in [5.41, 5.74) is 0.479. The molecule has 0 N–H and O–H groups in total. The van der Waals surface area contributed by atoms with E-state index in [1.807, 2.05) is 0 Å². The predicted molar refractivity (Wildman–Crippen MR) is 128 cm³/mol. The smallest absolute Gasteiger partial charge is 0.343 e. The number of benzene rings is 2. The molecule has 0 bridgehead atoms. The Bertz CT molecular complexity index is 785. The van der Waals surface area contributed by atoms with E-state index >= 15 is 0 Å². The minimum absolute atomic E-state index is 0.404. The number of hydrogen-bond donors (Lipinski definition) is 0. The number of carbonyl (C=O) groups is 2. The summed E-state index contributed by atoms with van der Waals surface area (Å²) in [6.07, 6.45) is 11.8. The fraction of sp³-hybridized carbons (Fsp3) is 0.481. The molecule has 0 atom stereocenters. The Kier molecular flexibility index (Phi) is 13.2. The van der Waals surface area contributed by atoms with Gasteiger partial charge in [-0.05, 0) is 61.4 Å². The Hall–Kier alpha value is -3.02. The molecular formula is C27H36O6. The van der Waals surface area contributed by atoms with Crippen LogP contribution in [0.25, 0.3) is 0 Å². The summed E-state index contributed by atoms with van der Waals surface area (Å²) < 4.78 is 20.9. The van der Waals surface area contributed by atoms with Crippen molar-refractivity contribution in [1.29, 1.82) is 0 Å². The first-order valence-electron chi connectivity index (χ1n) is 11.9. The van der Waals surface area contributed by atoms with Gasteiger partial charge in [-0.1, -0.05) is 51.4 Å². The molecule has 0 unspecified atom stereocenters. The van der Waals surface area contributed by atoms with Crippen LogP contribution in [0.4, 0.5) is 0 Å². The summed E-state index contributed by atoms with van der Waals surface area (Å²) in [6.45, 7) is 1.75. The van der Waals surface area contributed by atoms with Crippen LogP contribution >= 0.6 is 0 Å². The second-order valence-electron chi connectivity index (χ2n) is 7.94. The largest absolute Gasteiger partial charge is 0.497 e. The lowest BCUT2D eigenvalue weighted by Gasteiger charge is -2.08. The number of rotatable bonds is 18. The molecule has 6 heteroatoms. The molecule has 0 radical (unpaired) electrons. The van der Waals surface area contributed by atoms with Crippen LogP contribution in [0, 0.1) is 0 Å². The molecule has 33 heavy (non-hydrogen) atoms. The third-order valence-corrected chi connectivity index (χ3v) is 5.35. The lowest BCUT2D eigenvalue weighted by Crippen LogP contribution is -2.08. The topological polar surface area (TPSA) is 71.1 Å². The van der Waals surface area contributed by atoms with Crippen molar-refractivity contribution in [3.05, 3.63) is 54.1 Å². The zero-order valence-electron chi connectivity index (χ0n) is 19.6. The van der Waals surface area contributed by atoms with Gasteiger partial charge in [0.1, 0.15) is 17.2 Å². The fourth-order valence-electron chi connectivity index (χ4n) is 3.44. The summed E-state index contributed by atoms with van der Waals surface area (Å²) >= 11 is 0. The van der Waals surface area contributed by atoms with E-state index in [0.29, 0.717) is 36.7 Å². The summed E-state index contributed by atoms with van der Waals surface area (Å²) in [5.74, 6) is 1.54. The van der Waals surface area contributed by atoms with Gasteiger partial charge in [-0.25, -0.2) is 4.79 Å². The highest BCUT2D eigenvalue weighted by Gasteiger charge is 2.09. The second kappa shape index (κ2) is 16.6. The Morgan fingerprint density at radius 1 is 0.667 bits per heavy atom. The lowest BCUT2D eigenvalue weighted by atomic mass is 10.1. The average Bonchev–Trinajstić information content (AvgIpc) is 2.85. The third-order valence-electron chi connectivity index (χ3n) is 5.35. The van der Waals surface area contributed by atoms with E-state index in [1.165, 1.54) is 38.5 Å². The highest BCUT2D eigenvalue weighted by atomic mass is 16.5. The summed E-state index contributed by atoms with van der Waals surface area (Å²) in [6, 6.07) is 13.9. The number of ether oxygens (including phenoxy) is 4. The van der Waals surface area contributed by atoms with Gasteiger partial charge >= 0.3 is 5.97 Å². The van der Waals surface area contributed by atoms with Crippen molar-refractivity contribution in [3.63, 3.8) is 0 Å². The minimum atomic E-state index is -0.404. The van der Waals surface area contributed by atoms with Crippen LogP contribution in [0.1, 0.15) is 74.6 Å². The molecule has 6 nitrogen and oxygen atoms in total. The van der Waals surface area contributed by atoms with Gasteiger partial charge in [0.2, 0.25) is 0 Å². The molecule has 0 aliphatic rings. The molecule has 0 aliphatic heterocycles. The highest BCUT2D eigenvalue weighted by Crippen LogP contribution is 2.19. The van der Waals surface area contributed by atoms with Crippen LogP contribution in [-0.4, -0.2) is 32.8 Å². The SMILES string of the molecule is COc1ccc(OC(=O)c2ccc(OCCCCCCCCCCCCOC=O)cc2)cc1. The van der Waals surface area contributed by atoms with Gasteiger partial charge in [0, 0.05) is 0 Å². The van der Waals surface area contributed by atoms with Crippen molar-refractivity contribution in [2.24, 2.45) is 0 Å². The number of hydrogen-bond acceptors (Lipinski definition) is 6.